The lowest BCUT2D eigenvalue weighted by Gasteiger charge is -2.42. The molecular formula is C27H33N5O3. The van der Waals surface area contributed by atoms with Crippen LogP contribution in [0.5, 0.6) is 0 Å². The van der Waals surface area contributed by atoms with Gasteiger partial charge >= 0.3 is 6.03 Å². The quantitative estimate of drug-likeness (QED) is 0.369. The number of hydrogen-bond acceptors (Lipinski definition) is 5. The van der Waals surface area contributed by atoms with Crippen molar-refractivity contribution >= 4 is 23.0 Å². The number of hydrogen-bond donors (Lipinski definition) is 0. The van der Waals surface area contributed by atoms with Gasteiger partial charge in [0.1, 0.15) is 11.4 Å². The Kier molecular flexibility index (Phi) is 6.58. The average molecular weight is 476 g/mol. The topological polar surface area (TPSA) is 70.9 Å². The van der Waals surface area contributed by atoms with Crippen LogP contribution in [0.4, 0.5) is 4.79 Å². The Labute approximate surface area is 206 Å². The van der Waals surface area contributed by atoms with Crippen LogP contribution in [0.3, 0.4) is 0 Å². The summed E-state index contributed by atoms with van der Waals surface area (Å²) >= 11 is 0. The predicted molar refractivity (Wildman–Crippen MR) is 134 cm³/mol. The van der Waals surface area contributed by atoms with Crippen LogP contribution < -0.4 is 0 Å². The van der Waals surface area contributed by atoms with Crippen LogP contribution in [0, 0.1) is 0 Å². The van der Waals surface area contributed by atoms with Gasteiger partial charge in [0.25, 0.3) is 5.91 Å². The molecule has 184 valence electrons. The number of imidazole rings is 1. The minimum Gasteiger partial charge on any atom is -0.385 e. The third kappa shape index (κ3) is 4.32. The maximum absolute atomic E-state index is 13.8. The summed E-state index contributed by atoms with van der Waals surface area (Å²) in [5.41, 5.74) is 2.30. The highest BCUT2D eigenvalue weighted by Gasteiger charge is 2.57. The third-order valence-corrected chi connectivity index (χ3v) is 7.46. The van der Waals surface area contributed by atoms with Gasteiger partial charge in [-0.1, -0.05) is 42.5 Å². The van der Waals surface area contributed by atoms with Gasteiger partial charge in [0.15, 0.2) is 0 Å². The van der Waals surface area contributed by atoms with E-state index >= 15 is 0 Å². The summed E-state index contributed by atoms with van der Waals surface area (Å²) in [6.45, 7) is 3.59. The molecule has 2 saturated heterocycles. The molecule has 2 aliphatic rings. The molecule has 0 N–H and O–H groups in total. The zero-order valence-electron chi connectivity index (χ0n) is 20.5. The number of amides is 3. The van der Waals surface area contributed by atoms with Crippen molar-refractivity contribution in [3.8, 4) is 0 Å². The second-order valence-corrected chi connectivity index (χ2v) is 9.54. The van der Waals surface area contributed by atoms with Gasteiger partial charge in [-0.3, -0.25) is 14.6 Å². The molecule has 0 saturated carbocycles. The summed E-state index contributed by atoms with van der Waals surface area (Å²) in [4.78, 5) is 37.7. The summed E-state index contributed by atoms with van der Waals surface area (Å²) < 4.78 is 7.37. The third-order valence-electron chi connectivity index (χ3n) is 7.46. The number of aromatic nitrogens is 2. The number of urea groups is 1. The number of nitrogens with zero attached hydrogens (tertiary/aromatic N) is 5. The number of fused-ring (bicyclic) bond motifs is 1. The van der Waals surface area contributed by atoms with E-state index in [9.17, 15) is 9.59 Å². The molecule has 1 aromatic heterocycles. The van der Waals surface area contributed by atoms with Gasteiger partial charge in [0.2, 0.25) is 0 Å². The number of carbonyl (C=O) groups is 2. The van der Waals surface area contributed by atoms with E-state index in [2.05, 4.69) is 15.5 Å². The van der Waals surface area contributed by atoms with Crippen molar-refractivity contribution in [3.05, 3.63) is 66.0 Å². The van der Waals surface area contributed by atoms with E-state index in [-0.39, 0.29) is 11.9 Å². The van der Waals surface area contributed by atoms with Gasteiger partial charge < -0.3 is 14.2 Å². The summed E-state index contributed by atoms with van der Waals surface area (Å²) in [7, 11) is 3.71. The Morgan fingerprint density at radius 3 is 2.40 bits per heavy atom. The van der Waals surface area contributed by atoms with E-state index in [0.29, 0.717) is 39.0 Å². The molecule has 8 heteroatoms. The Bertz CT molecular complexity index is 1200. The fourth-order valence-corrected chi connectivity index (χ4v) is 5.47. The number of ether oxygens (including phenoxy) is 1. The summed E-state index contributed by atoms with van der Waals surface area (Å²) in [6, 6.07) is 17.7. The summed E-state index contributed by atoms with van der Waals surface area (Å²) in [5.74, 6) is 0.949. The fourth-order valence-electron chi connectivity index (χ4n) is 5.47. The molecule has 1 spiro atoms. The zero-order chi connectivity index (χ0) is 24.4. The lowest BCUT2D eigenvalue weighted by molar-refractivity contribution is -0.136. The number of rotatable bonds is 8. The Morgan fingerprint density at radius 2 is 1.69 bits per heavy atom. The lowest BCUT2D eigenvalue weighted by atomic mass is 9.85. The first-order valence-electron chi connectivity index (χ1n) is 12.3. The number of likely N-dealkylation sites (tertiary alicyclic amines) is 1. The second-order valence-electron chi connectivity index (χ2n) is 9.54. The molecule has 2 fully saturated rings. The number of carbonyl (C=O) groups excluding carboxylic acids is 2. The van der Waals surface area contributed by atoms with Crippen LogP contribution in [0.15, 0.2) is 54.6 Å². The molecule has 5 rings (SSSR count). The van der Waals surface area contributed by atoms with Crippen LogP contribution in [0.1, 0.15) is 30.7 Å². The molecule has 3 heterocycles. The molecule has 35 heavy (non-hydrogen) atoms. The van der Waals surface area contributed by atoms with Crippen molar-refractivity contribution in [2.75, 3.05) is 33.4 Å². The number of para-hydroxylation sites is 2. The monoisotopic (exact) mass is 475 g/mol. The lowest BCUT2D eigenvalue weighted by Crippen LogP contribution is -2.56. The smallest absolute Gasteiger partial charge is 0.327 e. The van der Waals surface area contributed by atoms with Crippen molar-refractivity contribution in [2.24, 2.45) is 7.05 Å². The van der Waals surface area contributed by atoms with Gasteiger partial charge in [-0.25, -0.2) is 9.78 Å². The van der Waals surface area contributed by atoms with Crippen LogP contribution in [0.2, 0.25) is 0 Å². The minimum absolute atomic E-state index is 0.0637. The van der Waals surface area contributed by atoms with E-state index in [1.807, 2.05) is 60.5 Å². The number of aryl methyl sites for hydroxylation is 1. The molecule has 0 radical (unpaired) electrons. The molecule has 2 aromatic carbocycles. The van der Waals surface area contributed by atoms with Gasteiger partial charge in [0, 0.05) is 40.4 Å². The largest absolute Gasteiger partial charge is 0.385 e. The van der Waals surface area contributed by atoms with Crippen LogP contribution in [-0.2, 0) is 29.7 Å². The summed E-state index contributed by atoms with van der Waals surface area (Å²) in [6.07, 6.45) is 1.96. The predicted octanol–water partition coefficient (Wildman–Crippen LogP) is 3.41. The normalized spacial score (nSPS) is 18.3. The van der Waals surface area contributed by atoms with Crippen LogP contribution >= 0.6 is 0 Å². The van der Waals surface area contributed by atoms with Gasteiger partial charge in [-0.15, -0.1) is 0 Å². The number of imide groups is 1. The van der Waals surface area contributed by atoms with Crippen molar-refractivity contribution < 1.29 is 14.3 Å². The summed E-state index contributed by atoms with van der Waals surface area (Å²) in [5, 5.41) is 0. The standard InChI is InChI=1S/C27H33N5O3/c1-29-23-12-7-6-11-22(23)28-24(29)20-30-16-13-27(14-17-30)25(33)31(19-21-9-4-3-5-10-21)26(34)32(27)15-8-18-35-2/h3-7,9-12H,8,13-20H2,1-2H3. The fraction of sp³-hybridized carbons (Fsp3) is 0.444. The average Bonchev–Trinajstić information content (AvgIpc) is 3.29. The minimum atomic E-state index is -0.775. The zero-order valence-corrected chi connectivity index (χ0v) is 20.5. The van der Waals surface area contributed by atoms with E-state index < -0.39 is 5.54 Å². The van der Waals surface area contributed by atoms with Crippen LogP contribution in [-0.4, -0.2) is 75.1 Å². The molecule has 8 nitrogen and oxygen atoms in total. The number of methoxy groups -OCH3 is 1. The highest BCUT2D eigenvalue weighted by molar-refractivity contribution is 6.07. The Balaban J connectivity index is 1.33. The number of benzene rings is 2. The van der Waals surface area contributed by atoms with E-state index in [0.717, 1.165) is 42.1 Å². The first kappa shape index (κ1) is 23.5. The van der Waals surface area contributed by atoms with Gasteiger partial charge in [-0.05, 0) is 37.0 Å². The van der Waals surface area contributed by atoms with Crippen molar-refractivity contribution in [3.63, 3.8) is 0 Å². The van der Waals surface area contributed by atoms with Gasteiger partial charge in [-0.2, -0.15) is 0 Å². The maximum atomic E-state index is 13.8. The van der Waals surface area contributed by atoms with Crippen LogP contribution in [0.25, 0.3) is 11.0 Å². The van der Waals surface area contributed by atoms with E-state index in [4.69, 9.17) is 9.72 Å². The first-order valence-corrected chi connectivity index (χ1v) is 12.3. The Morgan fingerprint density at radius 1 is 0.971 bits per heavy atom. The van der Waals surface area contributed by atoms with Gasteiger partial charge in [0.05, 0.1) is 24.1 Å². The highest BCUT2D eigenvalue weighted by Crippen LogP contribution is 2.38. The Hall–Kier alpha value is -3.23. The molecule has 0 bridgehead atoms. The second kappa shape index (κ2) is 9.79. The van der Waals surface area contributed by atoms with Crippen molar-refractivity contribution in [1.82, 2.24) is 24.3 Å². The molecule has 3 amide bonds. The number of piperidine rings is 1. The first-order chi connectivity index (χ1) is 17.0. The molecule has 0 aliphatic carbocycles. The SMILES string of the molecule is COCCCN1C(=O)N(Cc2ccccc2)C(=O)C12CCN(Cc1nc3ccccc3n1C)CC2. The van der Waals surface area contributed by atoms with Crippen molar-refractivity contribution in [2.45, 2.75) is 37.9 Å². The maximum Gasteiger partial charge on any atom is 0.327 e. The van der Waals surface area contributed by atoms with E-state index in [1.165, 1.54) is 4.90 Å². The molecule has 3 aromatic rings. The van der Waals surface area contributed by atoms with Crippen molar-refractivity contribution in [1.29, 1.82) is 0 Å². The van der Waals surface area contributed by atoms with E-state index in [1.54, 1.807) is 7.11 Å². The molecule has 2 aliphatic heterocycles. The molecule has 0 unspecified atom stereocenters. The molecular weight excluding hydrogens is 442 g/mol. The molecule has 0 atom stereocenters. The highest BCUT2D eigenvalue weighted by atomic mass is 16.5.